The second-order valence-corrected chi connectivity index (χ2v) is 11.8. The fraction of sp³-hybridized carbons (Fsp3) is 0.519. The van der Waals surface area contributed by atoms with Crippen LogP contribution in [-0.4, -0.2) is 98.5 Å². The van der Waals surface area contributed by atoms with Gasteiger partial charge in [0.1, 0.15) is 22.3 Å². The normalized spacial score (nSPS) is 24.4. The standard InChI is InChI=1S/C25H32N4O7.C2H3N.2ClHO4.Cu/c1-28-13-24(22(31)35-5)19(17-11-15(33-3)7-9-26-17)29(2)20(18-12-16(34-4)8-10-27-18)25(14-28,21(24)30)23(32)36-6;1-2-3;2*2-1(3,4)5;/h7-12,19-21,30H,13-14H2,1-6H3;1H3;2*(H,2,3,4,5);/q;;;;+2/p-2/t19-,20+,21?,24-,25+;;;;. The number of aromatic nitrogens is 2. The molecule has 23 heteroatoms. The van der Waals surface area contributed by atoms with E-state index in [1.165, 1.54) is 35.4 Å². The number of likely N-dealkylation sites (tertiary alicyclic amines) is 2. The van der Waals surface area contributed by atoms with Crippen molar-refractivity contribution in [3.05, 3.63) is 48.0 Å². The molecule has 4 heterocycles. The molecule has 2 aromatic heterocycles. The average Bonchev–Trinajstić information content (AvgIpc) is 3.00. The number of esters is 2. The summed E-state index contributed by atoms with van der Waals surface area (Å²) in [5, 5.41) is 19.5. The second-order valence-electron chi connectivity index (χ2n) is 10.3. The number of rotatable bonds is 6. The Morgan fingerprint density at radius 3 is 1.38 bits per heavy atom. The van der Waals surface area contributed by atoms with Gasteiger partial charge in [0.15, 0.2) is 0 Å². The molecule has 50 heavy (non-hydrogen) atoms. The Hall–Kier alpha value is -3.01. The van der Waals surface area contributed by atoms with Crippen LogP contribution < -0.4 is 46.7 Å². The maximum absolute atomic E-state index is 13.7. The van der Waals surface area contributed by atoms with Gasteiger partial charge in [-0.25, -0.2) is 37.3 Å². The Labute approximate surface area is 301 Å². The zero-order chi connectivity index (χ0) is 38.0. The van der Waals surface area contributed by atoms with Gasteiger partial charge in [0, 0.05) is 44.5 Å². The number of methoxy groups -OCH3 is 4. The Bertz CT molecular complexity index is 1340. The summed E-state index contributed by atoms with van der Waals surface area (Å²) in [6, 6.07) is 6.95. The number of ether oxygens (including phenoxy) is 4. The van der Waals surface area contributed by atoms with Crippen molar-refractivity contribution in [1.29, 1.82) is 5.26 Å². The van der Waals surface area contributed by atoms with Crippen LogP contribution in [0, 0.1) is 42.6 Å². The van der Waals surface area contributed by atoms with E-state index in [1.807, 2.05) is 9.80 Å². The molecule has 0 aromatic carbocycles. The van der Waals surface area contributed by atoms with E-state index in [0.29, 0.717) is 22.9 Å². The minimum atomic E-state index is -4.94. The number of hydrogen-bond acceptors (Lipinski definition) is 20. The number of nitrogens with zero attached hydrogens (tertiary/aromatic N) is 5. The topological polar surface area (TPSA) is 332 Å². The van der Waals surface area contributed by atoms with Crippen molar-refractivity contribution in [1.82, 2.24) is 19.8 Å². The molecule has 20 nitrogen and oxygen atoms in total. The average molecular weight is 804 g/mol. The number of carbonyl (C=O) groups excluding carboxylic acids is 2. The number of pyridine rings is 2. The zero-order valence-electron chi connectivity index (χ0n) is 27.6. The summed E-state index contributed by atoms with van der Waals surface area (Å²) in [5.41, 5.74) is -2.22. The number of nitriles is 1. The van der Waals surface area contributed by atoms with E-state index in [0.717, 1.165) is 0 Å². The van der Waals surface area contributed by atoms with E-state index in [2.05, 4.69) is 9.97 Å². The molecule has 0 spiro atoms. The minimum absolute atomic E-state index is 0. The fourth-order valence-electron chi connectivity index (χ4n) is 6.24. The molecule has 1 unspecified atom stereocenters. The third-order valence-corrected chi connectivity index (χ3v) is 7.50. The molecule has 2 fully saturated rings. The molecule has 5 atom stereocenters. The third kappa shape index (κ3) is 11.5. The molecule has 2 aromatic rings. The van der Waals surface area contributed by atoms with E-state index >= 15 is 0 Å². The first-order valence-corrected chi connectivity index (χ1v) is 15.9. The molecule has 0 aliphatic carbocycles. The molecule has 2 aliphatic rings. The first kappa shape index (κ1) is 47.0. The van der Waals surface area contributed by atoms with Crippen LogP contribution in [0.3, 0.4) is 0 Å². The summed E-state index contributed by atoms with van der Waals surface area (Å²) in [7, 11) is -0.709. The minimum Gasteiger partial charge on any atom is -0.497 e. The van der Waals surface area contributed by atoms with Crippen molar-refractivity contribution in [2.45, 2.75) is 25.1 Å². The molecule has 1 radical (unpaired) electrons. The van der Waals surface area contributed by atoms with Crippen LogP contribution in [0.15, 0.2) is 36.7 Å². The van der Waals surface area contributed by atoms with Gasteiger partial charge in [-0.1, -0.05) is 0 Å². The van der Waals surface area contributed by atoms with Gasteiger partial charge in [-0.15, -0.1) is 20.5 Å². The summed E-state index contributed by atoms with van der Waals surface area (Å²) >= 11 is 0. The van der Waals surface area contributed by atoms with Crippen LogP contribution in [0.25, 0.3) is 0 Å². The molecule has 2 bridgehead atoms. The number of aliphatic hydroxyl groups excluding tert-OH is 1. The Morgan fingerprint density at radius 1 is 0.820 bits per heavy atom. The van der Waals surface area contributed by atoms with Crippen LogP contribution in [0.1, 0.15) is 30.4 Å². The number of aliphatic hydroxyl groups is 1. The van der Waals surface area contributed by atoms with Crippen LogP contribution in [0.4, 0.5) is 0 Å². The largest absolute Gasteiger partial charge is 2.00 e. The first-order valence-electron chi connectivity index (χ1n) is 13.4. The fourth-order valence-corrected chi connectivity index (χ4v) is 6.24. The molecule has 2 saturated heterocycles. The van der Waals surface area contributed by atoms with E-state index in [4.69, 9.17) is 61.5 Å². The van der Waals surface area contributed by atoms with Crippen LogP contribution >= 0.6 is 0 Å². The van der Waals surface area contributed by atoms with Crippen LogP contribution in [-0.2, 0) is 36.1 Å². The van der Waals surface area contributed by atoms with E-state index in [1.54, 1.807) is 56.8 Å². The van der Waals surface area contributed by atoms with Crippen molar-refractivity contribution in [2.75, 3.05) is 55.6 Å². The van der Waals surface area contributed by atoms with Crippen molar-refractivity contribution in [3.63, 3.8) is 0 Å². The number of piperidine rings is 2. The van der Waals surface area contributed by atoms with Gasteiger partial charge in [-0.3, -0.25) is 24.5 Å². The van der Waals surface area contributed by atoms with Crippen molar-refractivity contribution >= 4 is 11.9 Å². The monoisotopic (exact) mass is 802 g/mol. The molecular formula is C27H35Cl2CuN5O15. The summed E-state index contributed by atoms with van der Waals surface area (Å²) in [6.45, 7) is 1.66. The molecule has 0 saturated carbocycles. The molecule has 0 amide bonds. The van der Waals surface area contributed by atoms with Gasteiger partial charge in [0.2, 0.25) is 0 Å². The van der Waals surface area contributed by atoms with Gasteiger partial charge in [0.05, 0.1) is 64.1 Å². The number of carbonyl (C=O) groups is 2. The van der Waals surface area contributed by atoms with Gasteiger partial charge in [-0.05, 0) is 26.2 Å². The molecule has 4 rings (SSSR count). The smallest absolute Gasteiger partial charge is 0.497 e. The number of fused-ring (bicyclic) bond motifs is 2. The predicted octanol–water partition coefficient (Wildman–Crippen LogP) is -8.14. The SMILES string of the molecule is CC#N.COC(=O)[C@@]12CN(C)C[C@@](C(=O)OC)(C1O)[C@H](c1cc(OC)ccn1)N(C)[C@@H]2c1cc(OC)ccn1.[Cu+2].[O-][Cl+3]([O-])([O-])[O-].[O-][Cl+3]([O-])([O-])[O-]. The van der Waals surface area contributed by atoms with Gasteiger partial charge >= 0.3 is 29.0 Å². The van der Waals surface area contributed by atoms with Crippen molar-refractivity contribution in [3.8, 4) is 17.6 Å². The van der Waals surface area contributed by atoms with Crippen molar-refractivity contribution < 1.29 is 108 Å². The van der Waals surface area contributed by atoms with Crippen molar-refractivity contribution in [2.24, 2.45) is 10.8 Å². The maximum Gasteiger partial charge on any atom is 2.00 e. The summed E-state index contributed by atoms with van der Waals surface area (Å²) in [4.78, 5) is 40.1. The van der Waals surface area contributed by atoms with E-state index < -0.39 is 61.4 Å². The molecule has 283 valence electrons. The first-order chi connectivity index (χ1) is 22.6. The van der Waals surface area contributed by atoms with Gasteiger partial charge in [0.25, 0.3) is 0 Å². The zero-order valence-corrected chi connectivity index (χ0v) is 30.0. The quantitative estimate of drug-likeness (QED) is 0.209. The number of hydrogen-bond donors (Lipinski definition) is 1. The second kappa shape index (κ2) is 19.6. The Balaban J connectivity index is 0.00000147. The van der Waals surface area contributed by atoms with E-state index in [-0.39, 0.29) is 30.2 Å². The van der Waals surface area contributed by atoms with E-state index in [9.17, 15) is 14.7 Å². The molecule has 2 aliphatic heterocycles. The molecular weight excluding hydrogens is 769 g/mol. The summed E-state index contributed by atoms with van der Waals surface area (Å²) < 4.78 is 89.3. The van der Waals surface area contributed by atoms with Crippen LogP contribution in [0.5, 0.6) is 11.5 Å². The van der Waals surface area contributed by atoms with Gasteiger partial charge < -0.3 is 29.0 Å². The summed E-state index contributed by atoms with van der Waals surface area (Å²) in [6.07, 6.45) is 1.66. The molecule has 1 N–H and O–H groups in total. The van der Waals surface area contributed by atoms with Crippen LogP contribution in [0.2, 0.25) is 0 Å². The Kier molecular flexibility index (Phi) is 18.4. The maximum atomic E-state index is 13.7. The third-order valence-electron chi connectivity index (χ3n) is 7.50. The number of halogens is 2. The Morgan fingerprint density at radius 2 is 1.12 bits per heavy atom. The summed E-state index contributed by atoms with van der Waals surface area (Å²) in [5.74, 6) is -0.248. The van der Waals surface area contributed by atoms with Gasteiger partial charge in [-0.2, -0.15) is 5.26 Å². The predicted molar refractivity (Wildman–Crippen MR) is 139 cm³/mol.